The first kappa shape index (κ1) is 15.6. The zero-order chi connectivity index (χ0) is 16.2. The van der Waals surface area contributed by atoms with Gasteiger partial charge in [0, 0.05) is 25.6 Å². The van der Waals surface area contributed by atoms with E-state index in [2.05, 4.69) is 15.5 Å². The monoisotopic (exact) mass is 314 g/mol. The standard InChI is InChI=1S/C16H22N6O/c1-12-18-19-20-22(12)15(10-13-6-3-2-4-7-13)16(23)21-9-5-8-14(17)11-21/h2-4,6-7,14-15H,5,8-11,17H2,1H3. The lowest BCUT2D eigenvalue weighted by atomic mass is 10.0. The summed E-state index contributed by atoms with van der Waals surface area (Å²) in [6.45, 7) is 3.16. The van der Waals surface area contributed by atoms with Crippen LogP contribution in [0.2, 0.25) is 0 Å². The lowest BCUT2D eigenvalue weighted by Crippen LogP contribution is -2.48. The van der Waals surface area contributed by atoms with E-state index in [0.29, 0.717) is 18.8 Å². The summed E-state index contributed by atoms with van der Waals surface area (Å²) >= 11 is 0. The van der Waals surface area contributed by atoms with Crippen molar-refractivity contribution in [3.05, 3.63) is 41.7 Å². The maximum Gasteiger partial charge on any atom is 0.247 e. The Bertz CT molecular complexity index is 656. The Hall–Kier alpha value is -2.28. The number of piperidine rings is 1. The molecule has 2 heterocycles. The number of nitrogens with two attached hydrogens (primary N) is 1. The third-order valence-electron chi connectivity index (χ3n) is 4.28. The fourth-order valence-corrected chi connectivity index (χ4v) is 3.06. The van der Waals surface area contributed by atoms with Crippen molar-refractivity contribution in [2.75, 3.05) is 13.1 Å². The van der Waals surface area contributed by atoms with Crippen molar-refractivity contribution in [1.29, 1.82) is 0 Å². The fraction of sp³-hybridized carbons (Fsp3) is 0.500. The largest absolute Gasteiger partial charge is 0.339 e. The van der Waals surface area contributed by atoms with Gasteiger partial charge < -0.3 is 10.6 Å². The summed E-state index contributed by atoms with van der Waals surface area (Å²) in [7, 11) is 0. The molecule has 0 radical (unpaired) electrons. The number of carbonyl (C=O) groups is 1. The number of likely N-dealkylation sites (tertiary alicyclic amines) is 1. The third-order valence-corrected chi connectivity index (χ3v) is 4.28. The Morgan fingerprint density at radius 2 is 2.17 bits per heavy atom. The zero-order valence-corrected chi connectivity index (χ0v) is 13.3. The first-order chi connectivity index (χ1) is 11.1. The maximum absolute atomic E-state index is 13.1. The quantitative estimate of drug-likeness (QED) is 0.898. The minimum absolute atomic E-state index is 0.0411. The summed E-state index contributed by atoms with van der Waals surface area (Å²) in [5, 5.41) is 11.6. The highest BCUT2D eigenvalue weighted by Crippen LogP contribution is 2.20. The van der Waals surface area contributed by atoms with Gasteiger partial charge >= 0.3 is 0 Å². The van der Waals surface area contributed by atoms with Crippen molar-refractivity contribution in [3.63, 3.8) is 0 Å². The van der Waals surface area contributed by atoms with E-state index in [1.807, 2.05) is 42.2 Å². The Morgan fingerprint density at radius 3 is 2.83 bits per heavy atom. The number of amides is 1. The molecule has 122 valence electrons. The number of aromatic nitrogens is 4. The van der Waals surface area contributed by atoms with Gasteiger partial charge in [-0.1, -0.05) is 30.3 Å². The van der Waals surface area contributed by atoms with E-state index in [1.165, 1.54) is 0 Å². The fourth-order valence-electron chi connectivity index (χ4n) is 3.06. The predicted molar refractivity (Wildman–Crippen MR) is 85.5 cm³/mol. The van der Waals surface area contributed by atoms with E-state index >= 15 is 0 Å². The summed E-state index contributed by atoms with van der Waals surface area (Å²) in [5.74, 6) is 0.681. The van der Waals surface area contributed by atoms with E-state index in [-0.39, 0.29) is 11.9 Å². The van der Waals surface area contributed by atoms with E-state index < -0.39 is 6.04 Å². The van der Waals surface area contributed by atoms with Gasteiger partial charge in [0.05, 0.1) is 0 Å². The molecule has 0 bridgehead atoms. The molecule has 1 amide bonds. The van der Waals surface area contributed by atoms with E-state index in [0.717, 1.165) is 24.9 Å². The summed E-state index contributed by atoms with van der Waals surface area (Å²) in [5.41, 5.74) is 7.11. The van der Waals surface area contributed by atoms with Crippen LogP contribution in [0.25, 0.3) is 0 Å². The molecule has 1 saturated heterocycles. The van der Waals surface area contributed by atoms with E-state index in [9.17, 15) is 4.79 Å². The molecule has 2 atom stereocenters. The summed E-state index contributed by atoms with van der Waals surface area (Å²) in [6, 6.07) is 9.56. The van der Waals surface area contributed by atoms with Crippen LogP contribution in [-0.4, -0.2) is 50.1 Å². The minimum atomic E-state index is -0.433. The average molecular weight is 314 g/mol. The van der Waals surface area contributed by atoms with Gasteiger partial charge in [0.2, 0.25) is 5.91 Å². The van der Waals surface area contributed by atoms with Crippen LogP contribution in [0.4, 0.5) is 0 Å². The van der Waals surface area contributed by atoms with Crippen molar-refractivity contribution >= 4 is 5.91 Å². The summed E-state index contributed by atoms with van der Waals surface area (Å²) in [6.07, 6.45) is 2.48. The topological polar surface area (TPSA) is 89.9 Å². The highest BCUT2D eigenvalue weighted by Gasteiger charge is 2.30. The second-order valence-corrected chi connectivity index (χ2v) is 6.06. The number of aryl methyl sites for hydroxylation is 1. The Kier molecular flexibility index (Phi) is 4.66. The van der Waals surface area contributed by atoms with Crippen LogP contribution in [0.15, 0.2) is 30.3 Å². The Labute approximate surface area is 135 Å². The van der Waals surface area contributed by atoms with Gasteiger partial charge in [0.15, 0.2) is 0 Å². The number of carbonyl (C=O) groups excluding carboxylic acids is 1. The van der Waals surface area contributed by atoms with Crippen molar-refractivity contribution in [1.82, 2.24) is 25.1 Å². The maximum atomic E-state index is 13.1. The molecule has 1 aliphatic heterocycles. The van der Waals surface area contributed by atoms with Crippen LogP contribution in [0.3, 0.4) is 0 Å². The molecular formula is C16H22N6O. The molecule has 1 aliphatic rings. The second-order valence-electron chi connectivity index (χ2n) is 6.06. The number of tetrazole rings is 1. The molecule has 1 fully saturated rings. The van der Waals surface area contributed by atoms with Crippen molar-refractivity contribution < 1.29 is 4.79 Å². The number of nitrogens with zero attached hydrogens (tertiary/aromatic N) is 5. The SMILES string of the molecule is Cc1nnnn1C(Cc1ccccc1)C(=O)N1CCCC(N)C1. The first-order valence-corrected chi connectivity index (χ1v) is 7.98. The van der Waals surface area contributed by atoms with Gasteiger partial charge in [0.1, 0.15) is 11.9 Å². The second kappa shape index (κ2) is 6.87. The van der Waals surface area contributed by atoms with Gasteiger partial charge in [-0.05, 0) is 35.8 Å². The number of hydrogen-bond donors (Lipinski definition) is 1. The van der Waals surface area contributed by atoms with Crippen LogP contribution in [0.1, 0.15) is 30.3 Å². The number of benzene rings is 1. The zero-order valence-electron chi connectivity index (χ0n) is 13.3. The van der Waals surface area contributed by atoms with Crippen molar-refractivity contribution in [2.45, 2.75) is 38.3 Å². The molecule has 2 N–H and O–H groups in total. The molecule has 1 aromatic carbocycles. The van der Waals surface area contributed by atoms with Gasteiger partial charge in [-0.15, -0.1) is 5.10 Å². The van der Waals surface area contributed by atoms with Crippen LogP contribution in [-0.2, 0) is 11.2 Å². The number of rotatable bonds is 4. The Balaban J connectivity index is 1.85. The molecule has 7 nitrogen and oxygen atoms in total. The molecule has 1 aromatic heterocycles. The smallest absolute Gasteiger partial charge is 0.247 e. The molecule has 23 heavy (non-hydrogen) atoms. The molecular weight excluding hydrogens is 292 g/mol. The van der Waals surface area contributed by atoms with Crippen LogP contribution in [0, 0.1) is 6.92 Å². The third kappa shape index (κ3) is 3.56. The Morgan fingerprint density at radius 1 is 1.39 bits per heavy atom. The van der Waals surface area contributed by atoms with Crippen LogP contribution >= 0.6 is 0 Å². The lowest BCUT2D eigenvalue weighted by Gasteiger charge is -2.33. The summed E-state index contributed by atoms with van der Waals surface area (Å²) in [4.78, 5) is 14.9. The van der Waals surface area contributed by atoms with Gasteiger partial charge in [0.25, 0.3) is 0 Å². The molecule has 0 spiro atoms. The lowest BCUT2D eigenvalue weighted by molar-refractivity contribution is -0.136. The average Bonchev–Trinajstić information content (AvgIpc) is 2.99. The van der Waals surface area contributed by atoms with Crippen LogP contribution in [0.5, 0.6) is 0 Å². The normalized spacial score (nSPS) is 19.6. The molecule has 3 rings (SSSR count). The van der Waals surface area contributed by atoms with Crippen molar-refractivity contribution in [3.8, 4) is 0 Å². The number of hydrogen-bond acceptors (Lipinski definition) is 5. The first-order valence-electron chi connectivity index (χ1n) is 7.98. The van der Waals surface area contributed by atoms with E-state index in [4.69, 9.17) is 5.73 Å². The summed E-state index contributed by atoms with van der Waals surface area (Å²) < 4.78 is 1.62. The van der Waals surface area contributed by atoms with Crippen LogP contribution < -0.4 is 5.73 Å². The molecule has 0 aliphatic carbocycles. The molecule has 0 saturated carbocycles. The minimum Gasteiger partial charge on any atom is -0.339 e. The highest BCUT2D eigenvalue weighted by molar-refractivity contribution is 5.81. The molecule has 7 heteroatoms. The molecule has 2 aromatic rings. The van der Waals surface area contributed by atoms with Gasteiger partial charge in [-0.2, -0.15) is 0 Å². The highest BCUT2D eigenvalue weighted by atomic mass is 16.2. The molecule has 2 unspecified atom stereocenters. The van der Waals surface area contributed by atoms with Crippen molar-refractivity contribution in [2.24, 2.45) is 5.73 Å². The van der Waals surface area contributed by atoms with Gasteiger partial charge in [-0.3, -0.25) is 4.79 Å². The van der Waals surface area contributed by atoms with Gasteiger partial charge in [-0.25, -0.2) is 4.68 Å². The predicted octanol–water partition coefficient (Wildman–Crippen LogP) is 0.715. The van der Waals surface area contributed by atoms with E-state index in [1.54, 1.807) is 4.68 Å².